The van der Waals surface area contributed by atoms with Gasteiger partial charge in [0.25, 0.3) is 0 Å². The highest BCUT2D eigenvalue weighted by Gasteiger charge is 2.45. The SMILES string of the molecule is COCCOCC[N+]1=C(/C=C/C=C/N(C(C)=O)c2ccccc2)C(C)(C)c2c1ccc1ccccc21. The maximum Gasteiger partial charge on any atom is 0.227 e. The summed E-state index contributed by atoms with van der Waals surface area (Å²) in [6.07, 6.45) is 7.91. The molecule has 3 aromatic rings. The van der Waals surface area contributed by atoms with E-state index in [-0.39, 0.29) is 11.3 Å². The van der Waals surface area contributed by atoms with E-state index in [1.54, 1.807) is 18.9 Å². The number of carbonyl (C=O) groups is 1. The van der Waals surface area contributed by atoms with Crippen LogP contribution >= 0.6 is 0 Å². The molecule has 0 aliphatic carbocycles. The maximum atomic E-state index is 12.2. The van der Waals surface area contributed by atoms with Crippen LogP contribution in [0.4, 0.5) is 11.4 Å². The van der Waals surface area contributed by atoms with Crippen LogP contribution in [0.1, 0.15) is 26.3 Å². The van der Waals surface area contributed by atoms with Gasteiger partial charge in [-0.1, -0.05) is 48.5 Å². The van der Waals surface area contributed by atoms with Crippen LogP contribution in [0.5, 0.6) is 0 Å². The standard InChI is InChI=1S/C31H35N2O3/c1-24(34)32(26-13-6-5-7-14-26)19-11-10-16-29-31(2,3)30-27-15-9-8-12-25(27)17-18-28(30)33(29)20-21-36-23-22-35-4/h5-19H,20-23H2,1-4H3/q+1. The summed E-state index contributed by atoms with van der Waals surface area (Å²) in [6.45, 7) is 8.63. The van der Waals surface area contributed by atoms with Gasteiger partial charge in [0.1, 0.15) is 6.61 Å². The van der Waals surface area contributed by atoms with Crippen LogP contribution in [-0.4, -0.2) is 49.7 Å². The summed E-state index contributed by atoms with van der Waals surface area (Å²) in [7, 11) is 1.68. The third kappa shape index (κ3) is 5.32. The van der Waals surface area contributed by atoms with E-state index in [0.29, 0.717) is 19.8 Å². The quantitative estimate of drug-likeness (QED) is 0.202. The smallest absolute Gasteiger partial charge is 0.227 e. The van der Waals surface area contributed by atoms with E-state index < -0.39 is 0 Å². The Bertz CT molecular complexity index is 1310. The van der Waals surface area contributed by atoms with Gasteiger partial charge in [0.15, 0.2) is 12.3 Å². The third-order valence-corrected chi connectivity index (χ3v) is 6.62. The molecule has 0 aromatic heterocycles. The minimum absolute atomic E-state index is 0.0339. The molecule has 0 bridgehead atoms. The summed E-state index contributed by atoms with van der Waals surface area (Å²) in [6, 6.07) is 22.6. The van der Waals surface area contributed by atoms with Crippen LogP contribution in [0.2, 0.25) is 0 Å². The lowest BCUT2D eigenvalue weighted by atomic mass is 9.79. The molecule has 0 radical (unpaired) electrons. The molecule has 0 unspecified atom stereocenters. The monoisotopic (exact) mass is 483 g/mol. The van der Waals surface area contributed by atoms with E-state index in [9.17, 15) is 4.79 Å². The fourth-order valence-electron chi connectivity index (χ4n) is 4.92. The highest BCUT2D eigenvalue weighted by atomic mass is 16.5. The number of carbonyl (C=O) groups excluding carboxylic acids is 1. The number of hydrogen-bond acceptors (Lipinski definition) is 3. The summed E-state index contributed by atoms with van der Waals surface area (Å²) in [5.41, 5.74) is 4.38. The van der Waals surface area contributed by atoms with Crippen LogP contribution < -0.4 is 4.90 Å². The molecule has 5 nitrogen and oxygen atoms in total. The normalized spacial score (nSPS) is 14.8. The zero-order valence-electron chi connectivity index (χ0n) is 21.6. The van der Waals surface area contributed by atoms with Crippen molar-refractivity contribution in [2.75, 3.05) is 38.4 Å². The van der Waals surface area contributed by atoms with Gasteiger partial charge in [-0.15, -0.1) is 0 Å². The Morgan fingerprint density at radius 2 is 1.69 bits per heavy atom. The molecule has 0 N–H and O–H groups in total. The molecule has 4 rings (SSSR count). The highest BCUT2D eigenvalue weighted by Crippen LogP contribution is 2.44. The molecule has 3 aromatic carbocycles. The maximum absolute atomic E-state index is 12.2. The number of allylic oxidation sites excluding steroid dienone is 3. The number of benzene rings is 3. The van der Waals surface area contributed by atoms with Crippen molar-refractivity contribution in [2.24, 2.45) is 0 Å². The second kappa shape index (κ2) is 11.5. The minimum Gasteiger partial charge on any atom is -0.382 e. The van der Waals surface area contributed by atoms with E-state index in [1.807, 2.05) is 48.7 Å². The van der Waals surface area contributed by atoms with E-state index in [2.05, 4.69) is 60.9 Å². The van der Waals surface area contributed by atoms with Crippen molar-refractivity contribution >= 4 is 33.8 Å². The lowest BCUT2D eigenvalue weighted by Crippen LogP contribution is -2.29. The zero-order chi connectivity index (χ0) is 25.5. The van der Waals surface area contributed by atoms with Gasteiger partial charge in [0, 0.05) is 43.6 Å². The molecule has 1 aliphatic heterocycles. The summed E-state index contributed by atoms with van der Waals surface area (Å²) in [5, 5.41) is 2.52. The number of fused-ring (bicyclic) bond motifs is 3. The van der Waals surface area contributed by atoms with Crippen molar-refractivity contribution in [3.8, 4) is 0 Å². The largest absolute Gasteiger partial charge is 0.382 e. The molecule has 0 saturated heterocycles. The Labute approximate surface area is 214 Å². The number of anilines is 1. The van der Waals surface area contributed by atoms with E-state index in [0.717, 1.165) is 12.2 Å². The molecule has 36 heavy (non-hydrogen) atoms. The second-order valence-electron chi connectivity index (χ2n) is 9.37. The van der Waals surface area contributed by atoms with Crippen LogP contribution in [-0.2, 0) is 19.7 Å². The van der Waals surface area contributed by atoms with Gasteiger partial charge in [-0.05, 0) is 48.9 Å². The van der Waals surface area contributed by atoms with Crippen LogP contribution in [0.25, 0.3) is 10.8 Å². The van der Waals surface area contributed by atoms with Crippen LogP contribution in [0.15, 0.2) is 91.2 Å². The van der Waals surface area contributed by atoms with Gasteiger partial charge >= 0.3 is 0 Å². The Morgan fingerprint density at radius 1 is 0.944 bits per heavy atom. The Balaban J connectivity index is 1.67. The molecule has 1 amide bonds. The first-order valence-electron chi connectivity index (χ1n) is 12.4. The van der Waals surface area contributed by atoms with Gasteiger partial charge in [0.05, 0.1) is 18.6 Å². The topological polar surface area (TPSA) is 41.8 Å². The third-order valence-electron chi connectivity index (χ3n) is 6.62. The molecule has 1 aliphatic rings. The predicted octanol–water partition coefficient (Wildman–Crippen LogP) is 6.00. The van der Waals surface area contributed by atoms with E-state index in [4.69, 9.17) is 9.47 Å². The number of nitrogens with zero attached hydrogens (tertiary/aromatic N) is 2. The Morgan fingerprint density at radius 3 is 2.44 bits per heavy atom. The Hall–Kier alpha value is -3.54. The number of amides is 1. The van der Waals surface area contributed by atoms with Gasteiger partial charge in [0.2, 0.25) is 11.6 Å². The zero-order valence-corrected chi connectivity index (χ0v) is 21.6. The molecule has 1 heterocycles. The van der Waals surface area contributed by atoms with E-state index >= 15 is 0 Å². The summed E-state index contributed by atoms with van der Waals surface area (Å²) < 4.78 is 13.3. The molecule has 186 valence electrons. The molecule has 5 heteroatoms. The van der Waals surface area contributed by atoms with Crippen molar-refractivity contribution in [3.63, 3.8) is 0 Å². The number of rotatable bonds is 10. The molecule has 0 fully saturated rings. The van der Waals surface area contributed by atoms with Gasteiger partial charge in [-0.2, -0.15) is 4.58 Å². The second-order valence-corrected chi connectivity index (χ2v) is 9.37. The molecular weight excluding hydrogens is 448 g/mol. The molecule has 0 saturated carbocycles. The molecule has 0 spiro atoms. The lowest BCUT2D eigenvalue weighted by molar-refractivity contribution is -0.442. The van der Waals surface area contributed by atoms with Crippen LogP contribution in [0.3, 0.4) is 0 Å². The van der Waals surface area contributed by atoms with Crippen molar-refractivity contribution in [2.45, 2.75) is 26.2 Å². The first-order valence-corrected chi connectivity index (χ1v) is 12.4. The average molecular weight is 484 g/mol. The predicted molar refractivity (Wildman–Crippen MR) is 147 cm³/mol. The van der Waals surface area contributed by atoms with Crippen LogP contribution in [0, 0.1) is 0 Å². The van der Waals surface area contributed by atoms with Gasteiger partial charge in [-0.3, -0.25) is 9.69 Å². The number of ether oxygens (including phenoxy) is 2. The lowest BCUT2D eigenvalue weighted by Gasteiger charge is -2.17. The van der Waals surface area contributed by atoms with Crippen molar-refractivity contribution < 1.29 is 18.8 Å². The fourth-order valence-corrected chi connectivity index (χ4v) is 4.92. The van der Waals surface area contributed by atoms with E-state index in [1.165, 1.54) is 27.7 Å². The van der Waals surface area contributed by atoms with Crippen molar-refractivity contribution in [3.05, 3.63) is 96.7 Å². The summed E-state index contributed by atoms with van der Waals surface area (Å²) >= 11 is 0. The summed E-state index contributed by atoms with van der Waals surface area (Å²) in [5.74, 6) is -0.0339. The minimum atomic E-state index is -0.202. The van der Waals surface area contributed by atoms with Gasteiger partial charge < -0.3 is 9.47 Å². The molecule has 0 atom stereocenters. The van der Waals surface area contributed by atoms with Crippen molar-refractivity contribution in [1.82, 2.24) is 0 Å². The number of methoxy groups -OCH3 is 1. The average Bonchev–Trinajstić information content (AvgIpc) is 3.10. The van der Waals surface area contributed by atoms with Gasteiger partial charge in [-0.25, -0.2) is 0 Å². The van der Waals surface area contributed by atoms with Crippen molar-refractivity contribution in [1.29, 1.82) is 0 Å². The fraction of sp³-hybridized carbons (Fsp3) is 0.290. The highest BCUT2D eigenvalue weighted by molar-refractivity contribution is 6.07. The first kappa shape index (κ1) is 25.5. The molecular formula is C31H35N2O3+. The number of para-hydroxylation sites is 1. The first-order chi connectivity index (χ1) is 17.4. The number of hydrogen-bond donors (Lipinski definition) is 0. The Kier molecular flexibility index (Phi) is 8.14. The summed E-state index contributed by atoms with van der Waals surface area (Å²) in [4.78, 5) is 13.9.